The van der Waals surface area contributed by atoms with Crippen LogP contribution in [0.5, 0.6) is 0 Å². The molecule has 0 amide bonds. The molecule has 0 fully saturated rings. The van der Waals surface area contributed by atoms with E-state index < -0.39 is 0 Å². The van der Waals surface area contributed by atoms with Crippen molar-refractivity contribution < 1.29 is 0 Å². The van der Waals surface area contributed by atoms with Crippen molar-refractivity contribution in [2.75, 3.05) is 13.6 Å². The van der Waals surface area contributed by atoms with E-state index in [1.165, 1.54) is 32.2 Å². The minimum absolute atomic E-state index is 0. The van der Waals surface area contributed by atoms with E-state index in [9.17, 15) is 0 Å². The first kappa shape index (κ1) is 13.6. The highest BCUT2D eigenvalue weighted by atomic mass is 35.5. The Morgan fingerprint density at radius 3 is 2.36 bits per heavy atom. The predicted molar refractivity (Wildman–Crippen MR) is 64.5 cm³/mol. The second-order valence-electron chi connectivity index (χ2n) is 3.89. The second-order valence-corrected chi connectivity index (χ2v) is 3.89. The molecule has 0 bridgehead atoms. The SMILES string of the molecule is CCCCCCN1C=CN(C)C1C.Cl. The lowest BCUT2D eigenvalue weighted by molar-refractivity contribution is 0.192. The fourth-order valence-electron chi connectivity index (χ4n) is 1.66. The van der Waals surface area contributed by atoms with Crippen molar-refractivity contribution in [2.24, 2.45) is 0 Å². The topological polar surface area (TPSA) is 6.48 Å². The first-order chi connectivity index (χ1) is 6.25. The van der Waals surface area contributed by atoms with Crippen LogP contribution in [0.1, 0.15) is 39.5 Å². The number of halogens is 1. The van der Waals surface area contributed by atoms with Gasteiger partial charge in [0.15, 0.2) is 0 Å². The van der Waals surface area contributed by atoms with Gasteiger partial charge in [0.25, 0.3) is 0 Å². The minimum Gasteiger partial charge on any atom is -0.359 e. The molecule has 0 aromatic carbocycles. The van der Waals surface area contributed by atoms with Crippen molar-refractivity contribution in [1.29, 1.82) is 0 Å². The molecule has 0 aromatic rings. The molecule has 0 spiro atoms. The summed E-state index contributed by atoms with van der Waals surface area (Å²) in [5.74, 6) is 0. The lowest BCUT2D eigenvalue weighted by Crippen LogP contribution is -2.34. The number of unbranched alkanes of at least 4 members (excludes halogenated alkanes) is 3. The zero-order valence-electron chi connectivity index (χ0n) is 9.57. The highest BCUT2D eigenvalue weighted by Gasteiger charge is 2.16. The molecule has 1 atom stereocenters. The highest BCUT2D eigenvalue weighted by molar-refractivity contribution is 5.85. The van der Waals surface area contributed by atoms with Crippen LogP contribution in [0.4, 0.5) is 0 Å². The molecule has 14 heavy (non-hydrogen) atoms. The molecule has 0 saturated heterocycles. The monoisotopic (exact) mass is 218 g/mol. The van der Waals surface area contributed by atoms with Gasteiger partial charge in [0.05, 0.1) is 6.17 Å². The van der Waals surface area contributed by atoms with Crippen molar-refractivity contribution in [2.45, 2.75) is 45.7 Å². The van der Waals surface area contributed by atoms with Gasteiger partial charge in [-0.15, -0.1) is 12.4 Å². The van der Waals surface area contributed by atoms with Crippen LogP contribution in [0.25, 0.3) is 0 Å². The minimum atomic E-state index is 0. The van der Waals surface area contributed by atoms with Crippen LogP contribution in [0.15, 0.2) is 12.4 Å². The fourth-order valence-corrected chi connectivity index (χ4v) is 1.66. The maximum atomic E-state index is 2.41. The molecule has 1 unspecified atom stereocenters. The van der Waals surface area contributed by atoms with Gasteiger partial charge in [-0.3, -0.25) is 0 Å². The van der Waals surface area contributed by atoms with Gasteiger partial charge in [-0.2, -0.15) is 0 Å². The van der Waals surface area contributed by atoms with Crippen molar-refractivity contribution in [3.63, 3.8) is 0 Å². The van der Waals surface area contributed by atoms with E-state index in [-0.39, 0.29) is 12.4 Å². The van der Waals surface area contributed by atoms with E-state index >= 15 is 0 Å². The summed E-state index contributed by atoms with van der Waals surface area (Å²) in [6, 6.07) is 0. The summed E-state index contributed by atoms with van der Waals surface area (Å²) >= 11 is 0. The van der Waals surface area contributed by atoms with Crippen molar-refractivity contribution in [3.05, 3.63) is 12.4 Å². The molecular formula is C11H23ClN2. The number of hydrogen-bond acceptors (Lipinski definition) is 2. The lowest BCUT2D eigenvalue weighted by Gasteiger charge is -2.26. The first-order valence-corrected chi connectivity index (χ1v) is 5.41. The zero-order chi connectivity index (χ0) is 9.68. The molecule has 0 aliphatic carbocycles. The van der Waals surface area contributed by atoms with E-state index in [0.717, 1.165) is 0 Å². The third-order valence-corrected chi connectivity index (χ3v) is 2.83. The average Bonchev–Trinajstić information content (AvgIpc) is 2.43. The maximum absolute atomic E-state index is 2.41. The van der Waals surface area contributed by atoms with Crippen molar-refractivity contribution >= 4 is 12.4 Å². The molecule has 1 rings (SSSR count). The van der Waals surface area contributed by atoms with Gasteiger partial charge in [0, 0.05) is 26.0 Å². The third kappa shape index (κ3) is 3.79. The van der Waals surface area contributed by atoms with Crippen LogP contribution >= 0.6 is 12.4 Å². The molecule has 1 aliphatic rings. The zero-order valence-corrected chi connectivity index (χ0v) is 10.4. The van der Waals surface area contributed by atoms with Crippen LogP contribution in [0, 0.1) is 0 Å². The summed E-state index contributed by atoms with van der Waals surface area (Å²) in [5.41, 5.74) is 0. The molecule has 1 heterocycles. The standard InChI is InChI=1S/C11H22N2.ClH/c1-4-5-6-7-8-13-10-9-12(3)11(13)2;/h9-11H,4-8H2,1-3H3;1H. The Bertz CT molecular complexity index is 171. The Morgan fingerprint density at radius 2 is 1.86 bits per heavy atom. The smallest absolute Gasteiger partial charge is 0.0974 e. The predicted octanol–water partition coefficient (Wildman–Crippen LogP) is 3.05. The normalized spacial score (nSPS) is 20.1. The van der Waals surface area contributed by atoms with Gasteiger partial charge < -0.3 is 9.80 Å². The summed E-state index contributed by atoms with van der Waals surface area (Å²) in [4.78, 5) is 4.66. The Kier molecular flexibility index (Phi) is 6.81. The van der Waals surface area contributed by atoms with E-state index in [1.54, 1.807) is 0 Å². The number of hydrogen-bond donors (Lipinski definition) is 0. The number of nitrogens with zero attached hydrogens (tertiary/aromatic N) is 2. The largest absolute Gasteiger partial charge is 0.359 e. The summed E-state index contributed by atoms with van der Waals surface area (Å²) in [6.45, 7) is 5.72. The Hall–Kier alpha value is -0.370. The molecule has 0 N–H and O–H groups in total. The molecule has 1 aliphatic heterocycles. The van der Waals surface area contributed by atoms with Gasteiger partial charge in [-0.25, -0.2) is 0 Å². The maximum Gasteiger partial charge on any atom is 0.0974 e. The second kappa shape index (κ2) is 6.99. The quantitative estimate of drug-likeness (QED) is 0.655. The molecule has 2 nitrogen and oxygen atoms in total. The molecule has 84 valence electrons. The van der Waals surface area contributed by atoms with E-state index in [1.807, 2.05) is 0 Å². The molecule has 0 radical (unpaired) electrons. The molecule has 0 aromatic heterocycles. The Balaban J connectivity index is 0.00000169. The first-order valence-electron chi connectivity index (χ1n) is 5.41. The molecular weight excluding hydrogens is 196 g/mol. The van der Waals surface area contributed by atoms with Crippen molar-refractivity contribution in [3.8, 4) is 0 Å². The average molecular weight is 219 g/mol. The summed E-state index contributed by atoms with van der Waals surface area (Å²) in [6.07, 6.45) is 10.3. The van der Waals surface area contributed by atoms with Gasteiger partial charge >= 0.3 is 0 Å². The summed E-state index contributed by atoms with van der Waals surface area (Å²) in [7, 11) is 2.13. The van der Waals surface area contributed by atoms with Gasteiger partial charge in [0.2, 0.25) is 0 Å². The number of rotatable bonds is 5. The Labute approximate surface area is 94.4 Å². The third-order valence-electron chi connectivity index (χ3n) is 2.83. The van der Waals surface area contributed by atoms with Gasteiger partial charge in [0.1, 0.15) is 0 Å². The van der Waals surface area contributed by atoms with Crippen LogP contribution in [0.2, 0.25) is 0 Å². The van der Waals surface area contributed by atoms with E-state index in [2.05, 4.69) is 43.1 Å². The fraction of sp³-hybridized carbons (Fsp3) is 0.818. The Morgan fingerprint density at radius 1 is 1.14 bits per heavy atom. The highest BCUT2D eigenvalue weighted by Crippen LogP contribution is 2.14. The van der Waals surface area contributed by atoms with Crippen LogP contribution < -0.4 is 0 Å². The van der Waals surface area contributed by atoms with Crippen LogP contribution in [-0.4, -0.2) is 29.6 Å². The van der Waals surface area contributed by atoms with E-state index in [0.29, 0.717) is 6.17 Å². The summed E-state index contributed by atoms with van der Waals surface area (Å²) in [5, 5.41) is 0. The molecule has 0 saturated carbocycles. The van der Waals surface area contributed by atoms with Crippen LogP contribution in [-0.2, 0) is 0 Å². The van der Waals surface area contributed by atoms with Gasteiger partial charge in [-0.1, -0.05) is 26.2 Å². The van der Waals surface area contributed by atoms with Gasteiger partial charge in [-0.05, 0) is 13.3 Å². The molecule has 3 heteroatoms. The summed E-state index contributed by atoms with van der Waals surface area (Å²) < 4.78 is 0. The van der Waals surface area contributed by atoms with Crippen LogP contribution in [0.3, 0.4) is 0 Å². The lowest BCUT2D eigenvalue weighted by atomic mass is 10.2. The van der Waals surface area contributed by atoms with Crippen molar-refractivity contribution in [1.82, 2.24) is 9.80 Å². The van der Waals surface area contributed by atoms with E-state index in [4.69, 9.17) is 0 Å².